The van der Waals surface area contributed by atoms with Crippen molar-refractivity contribution in [2.45, 2.75) is 37.5 Å². The Labute approximate surface area is 280 Å². The van der Waals surface area contributed by atoms with Crippen molar-refractivity contribution in [1.29, 1.82) is 5.26 Å². The summed E-state index contributed by atoms with van der Waals surface area (Å²) in [5, 5.41) is 14.8. The van der Waals surface area contributed by atoms with Crippen molar-refractivity contribution in [2.24, 2.45) is 0 Å². The molecule has 0 aliphatic carbocycles. The summed E-state index contributed by atoms with van der Waals surface area (Å²) in [4.78, 5) is 28.6. The molecule has 0 atom stereocenters. The van der Waals surface area contributed by atoms with Crippen LogP contribution in [-0.2, 0) is 26.0 Å². The van der Waals surface area contributed by atoms with Gasteiger partial charge in [-0.15, -0.1) is 0 Å². The van der Waals surface area contributed by atoms with Crippen LogP contribution in [0.15, 0.2) is 107 Å². The number of nitrogens with zero attached hydrogens (tertiary/aromatic N) is 5. The monoisotopic (exact) mass is 661 g/mol. The summed E-state index contributed by atoms with van der Waals surface area (Å²) >= 11 is 0. The molecule has 6 rings (SSSR count). The smallest absolute Gasteiger partial charge is 0.271 e. The molecule has 2 amide bonds. The number of amides is 2. The maximum atomic E-state index is 13.9. The highest BCUT2D eigenvalue weighted by molar-refractivity contribution is 7.89. The lowest BCUT2D eigenvalue weighted by Gasteiger charge is -2.27. The Morgan fingerprint density at radius 1 is 0.917 bits per heavy atom. The minimum absolute atomic E-state index is 0.0862. The summed E-state index contributed by atoms with van der Waals surface area (Å²) in [6.07, 6.45) is 6.54. The van der Waals surface area contributed by atoms with Crippen molar-refractivity contribution in [1.82, 2.24) is 19.0 Å². The molecular weight excluding hydrogens is 627 g/mol. The molecule has 3 heterocycles. The van der Waals surface area contributed by atoms with Gasteiger partial charge in [0.2, 0.25) is 10.0 Å². The summed E-state index contributed by atoms with van der Waals surface area (Å²) in [5.41, 5.74) is 3.80. The van der Waals surface area contributed by atoms with Gasteiger partial charge in [0, 0.05) is 42.5 Å². The molecule has 0 N–H and O–H groups in total. The van der Waals surface area contributed by atoms with Crippen molar-refractivity contribution in [2.75, 3.05) is 26.7 Å². The number of rotatable bonds is 9. The van der Waals surface area contributed by atoms with Crippen LogP contribution in [0.4, 0.5) is 0 Å². The van der Waals surface area contributed by atoms with Crippen molar-refractivity contribution in [3.8, 4) is 28.8 Å². The number of para-hydroxylation sites is 1. The fourth-order valence-corrected chi connectivity index (χ4v) is 7.51. The number of carbonyl (C=O) groups excluding carboxylic acids is 2. The predicted molar refractivity (Wildman–Crippen MR) is 181 cm³/mol. The van der Waals surface area contributed by atoms with Gasteiger partial charge in [-0.3, -0.25) is 14.5 Å². The maximum absolute atomic E-state index is 13.9. The molecule has 1 saturated heterocycles. The normalized spacial score (nSPS) is 16.8. The number of aromatic nitrogens is 2. The van der Waals surface area contributed by atoms with E-state index in [0.29, 0.717) is 42.1 Å². The average molecular weight is 662 g/mol. The molecule has 4 aromatic rings. The number of carbonyl (C=O) groups is 2. The molecule has 2 aliphatic rings. The predicted octanol–water partition coefficient (Wildman–Crippen LogP) is 5.56. The van der Waals surface area contributed by atoms with Crippen LogP contribution in [0.1, 0.15) is 37.3 Å². The summed E-state index contributed by atoms with van der Waals surface area (Å²) in [7, 11) is -2.04. The maximum Gasteiger partial charge on any atom is 0.271 e. The molecular formula is C37H35N5O5S. The van der Waals surface area contributed by atoms with E-state index in [1.54, 1.807) is 55.3 Å². The van der Waals surface area contributed by atoms with Crippen LogP contribution in [0, 0.1) is 11.3 Å². The molecule has 11 heteroatoms. The summed E-state index contributed by atoms with van der Waals surface area (Å²) < 4.78 is 35.0. The number of sulfonamides is 1. The molecule has 3 aromatic carbocycles. The number of imide groups is 1. The highest BCUT2D eigenvalue weighted by Crippen LogP contribution is 2.32. The summed E-state index contributed by atoms with van der Waals surface area (Å²) in [6, 6.07) is 25.4. The lowest BCUT2D eigenvalue weighted by molar-refractivity contribution is -0.140. The lowest BCUT2D eigenvalue weighted by atomic mass is 9.93. The molecule has 0 radical (unpaired) electrons. The molecule has 244 valence electrons. The third-order valence-corrected chi connectivity index (χ3v) is 10.7. The van der Waals surface area contributed by atoms with Crippen LogP contribution < -0.4 is 4.74 Å². The standard InChI is InChI=1S/C37H35N5O5S/c1-26-33(36(43)41(37(44)34(26)24-38)22-19-27-11-15-31(47-2)16-12-27)23-29-25-42(30-9-5-3-6-10-30)39-35(29)28-13-17-32(18-14-28)48(45,46)40-20-7-4-8-21-40/h3,5-6,9-18,23,25H,4,7-8,19-22H2,1-2H3/b33-23+. The van der Waals surface area contributed by atoms with Crippen LogP contribution in [-0.4, -0.2) is 66.0 Å². The summed E-state index contributed by atoms with van der Waals surface area (Å²) in [6.45, 7) is 2.70. The molecule has 0 unspecified atom stereocenters. The Bertz CT molecular complexity index is 2050. The Morgan fingerprint density at radius 2 is 1.60 bits per heavy atom. The number of piperidine rings is 1. The van der Waals surface area contributed by atoms with E-state index in [-0.39, 0.29) is 28.2 Å². The van der Waals surface area contributed by atoms with E-state index < -0.39 is 21.8 Å². The zero-order chi connectivity index (χ0) is 33.8. The highest BCUT2D eigenvalue weighted by Gasteiger charge is 2.35. The molecule has 0 spiro atoms. The third kappa shape index (κ3) is 6.45. The Hall–Kier alpha value is -5.31. The second-order valence-electron chi connectivity index (χ2n) is 11.7. The van der Waals surface area contributed by atoms with Crippen LogP contribution in [0.2, 0.25) is 0 Å². The highest BCUT2D eigenvalue weighted by atomic mass is 32.2. The molecule has 48 heavy (non-hydrogen) atoms. The number of benzene rings is 3. The minimum Gasteiger partial charge on any atom is -0.497 e. The Kier molecular flexibility index (Phi) is 9.39. The summed E-state index contributed by atoms with van der Waals surface area (Å²) in [5.74, 6) is -0.438. The van der Waals surface area contributed by atoms with Gasteiger partial charge >= 0.3 is 0 Å². The first kappa shape index (κ1) is 32.6. The van der Waals surface area contributed by atoms with Crippen LogP contribution >= 0.6 is 0 Å². The first-order chi connectivity index (χ1) is 23.2. The third-order valence-electron chi connectivity index (χ3n) is 8.75. The minimum atomic E-state index is -3.63. The first-order valence-electron chi connectivity index (χ1n) is 15.8. The van der Waals surface area contributed by atoms with Gasteiger partial charge in [0.25, 0.3) is 11.8 Å². The van der Waals surface area contributed by atoms with Gasteiger partial charge in [-0.1, -0.05) is 48.9 Å². The number of hydrogen-bond donors (Lipinski definition) is 0. The second kappa shape index (κ2) is 13.8. The number of hydrogen-bond acceptors (Lipinski definition) is 7. The van der Waals surface area contributed by atoms with Crippen molar-refractivity contribution in [3.05, 3.63) is 113 Å². The van der Waals surface area contributed by atoms with Gasteiger partial charge in [-0.05, 0) is 79.8 Å². The molecule has 2 aliphatic heterocycles. The van der Waals surface area contributed by atoms with Crippen molar-refractivity contribution >= 4 is 27.9 Å². The SMILES string of the molecule is COc1ccc(CCN2C(=O)C(C#N)=C(C)/C(=C\c3cn(-c4ccccc4)nc3-c3ccc(S(=O)(=O)N4CCCCC4)cc3)C2=O)cc1. The van der Waals surface area contributed by atoms with Gasteiger partial charge in [0.1, 0.15) is 17.4 Å². The zero-order valence-corrected chi connectivity index (χ0v) is 27.6. The first-order valence-corrected chi connectivity index (χ1v) is 17.2. The van der Waals surface area contributed by atoms with E-state index in [1.165, 1.54) is 4.31 Å². The topological polar surface area (TPSA) is 126 Å². The lowest BCUT2D eigenvalue weighted by Crippen LogP contribution is -2.43. The van der Waals surface area contributed by atoms with Gasteiger partial charge < -0.3 is 4.74 Å². The average Bonchev–Trinajstić information content (AvgIpc) is 3.55. The van der Waals surface area contributed by atoms with Gasteiger partial charge in [0.15, 0.2) is 0 Å². The van der Waals surface area contributed by atoms with Crippen molar-refractivity contribution < 1.29 is 22.7 Å². The number of nitriles is 1. The molecule has 0 bridgehead atoms. The number of ether oxygens (including phenoxy) is 1. The van der Waals surface area contributed by atoms with E-state index in [4.69, 9.17) is 9.84 Å². The Balaban J connectivity index is 1.38. The fourth-order valence-electron chi connectivity index (χ4n) is 5.99. The largest absolute Gasteiger partial charge is 0.497 e. The van der Waals surface area contributed by atoms with Crippen LogP contribution in [0.5, 0.6) is 5.75 Å². The van der Waals surface area contributed by atoms with Gasteiger partial charge in [0.05, 0.1) is 23.4 Å². The van der Waals surface area contributed by atoms with Crippen molar-refractivity contribution in [3.63, 3.8) is 0 Å². The van der Waals surface area contributed by atoms with E-state index in [2.05, 4.69) is 0 Å². The van der Waals surface area contributed by atoms with Gasteiger partial charge in [-0.25, -0.2) is 13.1 Å². The zero-order valence-electron chi connectivity index (χ0n) is 26.8. The van der Waals surface area contributed by atoms with E-state index in [0.717, 1.165) is 35.4 Å². The van der Waals surface area contributed by atoms with Crippen LogP contribution in [0.25, 0.3) is 23.0 Å². The van der Waals surface area contributed by atoms with E-state index in [9.17, 15) is 23.3 Å². The van der Waals surface area contributed by atoms with E-state index >= 15 is 0 Å². The molecule has 1 aromatic heterocycles. The molecule has 10 nitrogen and oxygen atoms in total. The second-order valence-corrected chi connectivity index (χ2v) is 13.7. The Morgan fingerprint density at radius 3 is 2.25 bits per heavy atom. The van der Waals surface area contributed by atoms with Gasteiger partial charge in [-0.2, -0.15) is 14.7 Å². The molecule has 0 saturated carbocycles. The quantitative estimate of drug-likeness (QED) is 0.170. The van der Waals surface area contributed by atoms with E-state index in [1.807, 2.05) is 60.7 Å². The molecule has 1 fully saturated rings. The fraction of sp³-hybridized carbons (Fsp3) is 0.243. The van der Waals surface area contributed by atoms with Crippen LogP contribution in [0.3, 0.4) is 0 Å². The number of methoxy groups -OCH3 is 1.